The van der Waals surface area contributed by atoms with Crippen molar-refractivity contribution in [2.24, 2.45) is 0 Å². The van der Waals surface area contributed by atoms with E-state index in [2.05, 4.69) is 62.9 Å². The number of nitrogens with zero attached hydrogens (tertiary/aromatic N) is 10. The van der Waals surface area contributed by atoms with Gasteiger partial charge < -0.3 is 21.3 Å². The Bertz CT molecular complexity index is 1760. The monoisotopic (exact) mass is 598 g/mol. The Balaban J connectivity index is 0.000000151. The summed E-state index contributed by atoms with van der Waals surface area (Å²) in [4.78, 5) is 22.1. The summed E-state index contributed by atoms with van der Waals surface area (Å²) in [6.45, 7) is 4.09. The van der Waals surface area contributed by atoms with E-state index in [-0.39, 0.29) is 0 Å². The van der Waals surface area contributed by atoms with Gasteiger partial charge in [-0.05, 0) is 43.4 Å². The molecule has 4 N–H and O–H groups in total. The van der Waals surface area contributed by atoms with Gasteiger partial charge in [0.25, 0.3) is 0 Å². The molecule has 40 heavy (non-hydrogen) atoms. The molecule has 0 aromatic carbocycles. The lowest BCUT2D eigenvalue weighted by Crippen LogP contribution is -2.44. The lowest BCUT2D eigenvalue weighted by Gasteiger charge is -2.34. The molecule has 202 valence electrons. The summed E-state index contributed by atoms with van der Waals surface area (Å²) >= 11 is 3.37. The average Bonchev–Trinajstić information content (AvgIpc) is 3.60. The molecule has 12 nitrogen and oxygen atoms in total. The number of anilines is 3. The minimum atomic E-state index is 0.532. The van der Waals surface area contributed by atoms with Crippen LogP contribution in [-0.2, 0) is 0 Å². The Morgan fingerprint density at radius 1 is 0.700 bits per heavy atom. The van der Waals surface area contributed by atoms with E-state index in [4.69, 9.17) is 11.5 Å². The maximum absolute atomic E-state index is 6.19. The fraction of sp³-hybridized carbons (Fsp3) is 0.185. The quantitative estimate of drug-likeness (QED) is 0.311. The van der Waals surface area contributed by atoms with Crippen molar-refractivity contribution in [3.8, 4) is 23.0 Å². The van der Waals surface area contributed by atoms with Gasteiger partial charge in [-0.15, -0.1) is 10.2 Å². The number of pyridine rings is 4. The van der Waals surface area contributed by atoms with Crippen LogP contribution in [0.5, 0.6) is 0 Å². The highest BCUT2D eigenvalue weighted by atomic mass is 79.9. The molecule has 1 aliphatic heterocycles. The number of nitrogen functional groups attached to an aromatic ring is 2. The van der Waals surface area contributed by atoms with Crippen LogP contribution in [0, 0.1) is 0 Å². The Labute approximate surface area is 238 Å². The lowest BCUT2D eigenvalue weighted by molar-refractivity contribution is 0.313. The molecule has 0 amide bonds. The summed E-state index contributed by atoms with van der Waals surface area (Å²) < 4.78 is 4.14. The first-order valence-corrected chi connectivity index (χ1v) is 13.5. The Hall–Kier alpha value is -4.62. The minimum absolute atomic E-state index is 0.532. The standard InChI is InChI=1S/C16H19N7.C11H8BrN5/c1-21-6-8-22(9-7-21)12-10-14(17)23-15(11-12)19-16(20-23)13-4-2-3-5-18-13;12-7-5-9(13)17-10(6-7)15-11(16-17)8-3-1-2-4-14-8/h2-5,10-11H,6-9,17H2,1H3;1-6H,13H2. The van der Waals surface area contributed by atoms with Crippen LogP contribution in [0.1, 0.15) is 0 Å². The molecule has 6 aromatic rings. The van der Waals surface area contributed by atoms with Crippen molar-refractivity contribution in [2.45, 2.75) is 0 Å². The second-order valence-corrected chi connectivity index (χ2v) is 10.3. The molecule has 0 unspecified atom stereocenters. The first kappa shape index (κ1) is 25.6. The maximum Gasteiger partial charge on any atom is 0.200 e. The third-order valence-electron chi connectivity index (χ3n) is 6.54. The van der Waals surface area contributed by atoms with Crippen LogP contribution in [0.15, 0.2) is 77.5 Å². The molecule has 7 rings (SSSR count). The van der Waals surface area contributed by atoms with Crippen molar-refractivity contribution in [2.75, 3.05) is 49.6 Å². The highest BCUT2D eigenvalue weighted by Gasteiger charge is 2.17. The minimum Gasteiger partial charge on any atom is -0.384 e. The molecule has 0 aliphatic carbocycles. The molecule has 0 radical (unpaired) electrons. The molecule has 7 heterocycles. The van der Waals surface area contributed by atoms with Crippen LogP contribution in [0.25, 0.3) is 34.3 Å². The number of halogens is 1. The summed E-state index contributed by atoms with van der Waals surface area (Å²) in [6, 6.07) is 19.0. The van der Waals surface area contributed by atoms with E-state index < -0.39 is 0 Å². The van der Waals surface area contributed by atoms with Gasteiger partial charge in [-0.3, -0.25) is 9.97 Å². The molecule has 0 saturated carbocycles. The van der Waals surface area contributed by atoms with Gasteiger partial charge in [0.05, 0.1) is 0 Å². The van der Waals surface area contributed by atoms with Crippen LogP contribution in [0.4, 0.5) is 17.3 Å². The third kappa shape index (κ3) is 5.28. The molecule has 1 fully saturated rings. The highest BCUT2D eigenvalue weighted by molar-refractivity contribution is 9.10. The molecule has 13 heteroatoms. The van der Waals surface area contributed by atoms with Crippen LogP contribution < -0.4 is 16.4 Å². The molecule has 6 aromatic heterocycles. The van der Waals surface area contributed by atoms with Gasteiger partial charge >= 0.3 is 0 Å². The zero-order valence-electron chi connectivity index (χ0n) is 21.8. The average molecular weight is 600 g/mol. The largest absolute Gasteiger partial charge is 0.384 e. The highest BCUT2D eigenvalue weighted by Crippen LogP contribution is 2.24. The lowest BCUT2D eigenvalue weighted by atomic mass is 10.2. The number of hydrogen-bond donors (Lipinski definition) is 2. The second-order valence-electron chi connectivity index (χ2n) is 9.37. The summed E-state index contributed by atoms with van der Waals surface area (Å²) in [7, 11) is 2.15. The number of likely N-dealkylation sites (N-methyl/N-ethyl adjacent to an activating group) is 1. The van der Waals surface area contributed by atoms with E-state index in [0.717, 1.165) is 53.4 Å². The van der Waals surface area contributed by atoms with Gasteiger partial charge in [0.1, 0.15) is 23.0 Å². The summed E-state index contributed by atoms with van der Waals surface area (Å²) in [5, 5.41) is 8.79. The van der Waals surface area contributed by atoms with E-state index in [1.165, 1.54) is 0 Å². The van der Waals surface area contributed by atoms with E-state index in [1.807, 2.05) is 54.6 Å². The predicted molar refractivity (Wildman–Crippen MR) is 159 cm³/mol. The first-order valence-electron chi connectivity index (χ1n) is 12.7. The van der Waals surface area contributed by atoms with E-state index in [1.54, 1.807) is 27.5 Å². The van der Waals surface area contributed by atoms with Crippen LogP contribution in [0.3, 0.4) is 0 Å². The predicted octanol–water partition coefficient (Wildman–Crippen LogP) is 3.26. The van der Waals surface area contributed by atoms with Gasteiger partial charge in [-0.25, -0.2) is 9.97 Å². The SMILES string of the molecule is CN1CCN(c2cc(N)n3nc(-c4ccccn4)nc3c2)CC1.Nc1cc(Br)cc2nc(-c3ccccn3)nn12. The Morgan fingerprint density at radius 2 is 1.25 bits per heavy atom. The van der Waals surface area contributed by atoms with Crippen LogP contribution in [0.2, 0.25) is 0 Å². The normalized spacial score (nSPS) is 13.9. The summed E-state index contributed by atoms with van der Waals surface area (Å²) in [5.74, 6) is 2.28. The third-order valence-corrected chi connectivity index (χ3v) is 6.99. The van der Waals surface area contributed by atoms with Crippen molar-refractivity contribution in [3.63, 3.8) is 0 Å². The van der Waals surface area contributed by atoms with Crippen molar-refractivity contribution in [3.05, 3.63) is 77.5 Å². The van der Waals surface area contributed by atoms with E-state index in [0.29, 0.717) is 28.9 Å². The van der Waals surface area contributed by atoms with Crippen LogP contribution >= 0.6 is 15.9 Å². The van der Waals surface area contributed by atoms with Gasteiger partial charge in [0, 0.05) is 60.9 Å². The van der Waals surface area contributed by atoms with Crippen molar-refractivity contribution >= 4 is 44.5 Å². The topological polar surface area (TPSA) is 145 Å². The van der Waals surface area contributed by atoms with Crippen molar-refractivity contribution in [1.82, 2.24) is 44.1 Å². The number of piperazine rings is 1. The Kier molecular flexibility index (Phi) is 6.97. The Morgan fingerprint density at radius 3 is 1.80 bits per heavy atom. The van der Waals surface area contributed by atoms with Crippen molar-refractivity contribution < 1.29 is 0 Å². The van der Waals surface area contributed by atoms with Gasteiger partial charge in [0.15, 0.2) is 11.3 Å². The second kappa shape index (κ2) is 10.9. The summed E-state index contributed by atoms with van der Waals surface area (Å²) in [6.07, 6.45) is 3.44. The van der Waals surface area contributed by atoms with Gasteiger partial charge in [-0.1, -0.05) is 28.1 Å². The smallest absolute Gasteiger partial charge is 0.200 e. The zero-order valence-corrected chi connectivity index (χ0v) is 23.3. The first-order chi connectivity index (χ1) is 19.4. The number of rotatable bonds is 3. The van der Waals surface area contributed by atoms with Gasteiger partial charge in [0.2, 0.25) is 11.6 Å². The molecule has 0 bridgehead atoms. The number of nitrogens with two attached hydrogens (primary N) is 2. The van der Waals surface area contributed by atoms with Crippen LogP contribution in [-0.4, -0.2) is 77.3 Å². The molecular formula is C27H27BrN12. The molecule has 1 saturated heterocycles. The molecule has 0 spiro atoms. The van der Waals surface area contributed by atoms with E-state index in [9.17, 15) is 0 Å². The van der Waals surface area contributed by atoms with E-state index >= 15 is 0 Å². The molecule has 0 atom stereocenters. The van der Waals surface area contributed by atoms with Gasteiger partial charge in [-0.2, -0.15) is 9.03 Å². The van der Waals surface area contributed by atoms with Crippen molar-refractivity contribution in [1.29, 1.82) is 0 Å². The zero-order chi connectivity index (χ0) is 27.6. The molecular weight excluding hydrogens is 572 g/mol. The number of aromatic nitrogens is 8. The molecule has 1 aliphatic rings. The fourth-order valence-electron chi connectivity index (χ4n) is 4.42. The number of hydrogen-bond acceptors (Lipinski definition) is 10. The summed E-state index contributed by atoms with van der Waals surface area (Å²) in [5.41, 5.74) is 16.1. The number of fused-ring (bicyclic) bond motifs is 2. The maximum atomic E-state index is 6.19. The fourth-order valence-corrected chi connectivity index (χ4v) is 4.86.